The second-order valence-corrected chi connectivity index (χ2v) is 6.67. The Morgan fingerprint density at radius 3 is 2.77 bits per heavy atom. The van der Waals surface area contributed by atoms with Gasteiger partial charge in [-0.15, -0.1) is 35.3 Å². The van der Waals surface area contributed by atoms with Crippen molar-refractivity contribution in [3.63, 3.8) is 0 Å². The number of hydrogen-bond donors (Lipinski definition) is 2. The van der Waals surface area contributed by atoms with E-state index in [1.165, 1.54) is 15.4 Å². The quantitative estimate of drug-likeness (QED) is 0.631. The fourth-order valence-corrected chi connectivity index (χ4v) is 3.78. The Labute approximate surface area is 151 Å². The Hall–Kier alpha value is -1.12. The van der Waals surface area contributed by atoms with Crippen molar-refractivity contribution in [3.05, 3.63) is 40.8 Å². The van der Waals surface area contributed by atoms with Gasteiger partial charge in [0.1, 0.15) is 10.8 Å². The van der Waals surface area contributed by atoms with Gasteiger partial charge in [0.15, 0.2) is 0 Å². The minimum absolute atomic E-state index is 0. The smallest absolute Gasteiger partial charge is 0.139 e. The molecule has 6 heteroatoms. The molecule has 3 heterocycles. The number of aliphatic imine (C=N–C) groups is 1. The second-order valence-electron chi connectivity index (χ2n) is 5.41. The molecule has 2 aromatic rings. The molecule has 116 valence electrons. The number of anilines is 2. The first-order valence-corrected chi connectivity index (χ1v) is 8.14. The Morgan fingerprint density at radius 1 is 1.18 bits per heavy atom. The summed E-state index contributed by atoms with van der Waals surface area (Å²) in [7, 11) is 0. The lowest BCUT2D eigenvalue weighted by atomic mass is 10.2. The number of aryl methyl sites for hydroxylation is 1. The monoisotopic (exact) mass is 426 g/mol. The third-order valence-corrected chi connectivity index (χ3v) is 4.86. The van der Waals surface area contributed by atoms with E-state index in [0.29, 0.717) is 0 Å². The van der Waals surface area contributed by atoms with Crippen LogP contribution in [0.3, 0.4) is 0 Å². The van der Waals surface area contributed by atoms with Gasteiger partial charge in [0, 0.05) is 31.1 Å². The lowest BCUT2D eigenvalue weighted by molar-refractivity contribution is 0.358. The average Bonchev–Trinajstić information content (AvgIpc) is 2.80. The summed E-state index contributed by atoms with van der Waals surface area (Å²) in [5.41, 5.74) is 3.34. The summed E-state index contributed by atoms with van der Waals surface area (Å²) in [5, 5.41) is 8.17. The second kappa shape index (κ2) is 6.55. The van der Waals surface area contributed by atoms with E-state index in [2.05, 4.69) is 46.7 Å². The number of hydrogen-bond acceptors (Lipinski definition) is 5. The Bertz CT molecular complexity index is 704. The van der Waals surface area contributed by atoms with Crippen LogP contribution in [-0.2, 0) is 0 Å². The highest BCUT2D eigenvalue weighted by molar-refractivity contribution is 14.0. The fraction of sp³-hybridized carbons (Fsp3) is 0.312. The number of benzene rings is 1. The average molecular weight is 426 g/mol. The zero-order valence-electron chi connectivity index (χ0n) is 12.4. The van der Waals surface area contributed by atoms with Crippen LogP contribution in [0.25, 0.3) is 0 Å². The van der Waals surface area contributed by atoms with Crippen LogP contribution in [0.4, 0.5) is 16.4 Å². The van der Waals surface area contributed by atoms with Gasteiger partial charge in [-0.2, -0.15) is 0 Å². The van der Waals surface area contributed by atoms with Crippen molar-refractivity contribution in [2.45, 2.75) is 6.92 Å². The lowest BCUT2D eigenvalue weighted by Gasteiger charge is -2.30. The van der Waals surface area contributed by atoms with Crippen molar-refractivity contribution in [1.82, 2.24) is 10.2 Å². The number of rotatable bonds is 0. The Morgan fingerprint density at radius 2 is 1.95 bits per heavy atom. The molecule has 0 radical (unpaired) electrons. The molecule has 22 heavy (non-hydrogen) atoms. The van der Waals surface area contributed by atoms with E-state index in [-0.39, 0.29) is 24.0 Å². The Balaban J connectivity index is 0.00000144. The molecular weight excluding hydrogens is 407 g/mol. The molecule has 1 saturated heterocycles. The molecule has 1 aromatic carbocycles. The molecule has 0 bridgehead atoms. The highest BCUT2D eigenvalue weighted by atomic mass is 127. The number of amidine groups is 1. The zero-order chi connectivity index (χ0) is 14.2. The van der Waals surface area contributed by atoms with Gasteiger partial charge in [0.25, 0.3) is 0 Å². The summed E-state index contributed by atoms with van der Waals surface area (Å²) in [4.78, 5) is 8.69. The zero-order valence-corrected chi connectivity index (χ0v) is 15.6. The summed E-state index contributed by atoms with van der Waals surface area (Å²) < 4.78 is 0. The molecule has 0 saturated carbocycles. The van der Waals surface area contributed by atoms with Crippen molar-refractivity contribution in [2.24, 2.45) is 4.99 Å². The van der Waals surface area contributed by atoms with E-state index >= 15 is 0 Å². The fourth-order valence-electron chi connectivity index (χ4n) is 2.86. The van der Waals surface area contributed by atoms with Crippen LogP contribution < -0.4 is 10.6 Å². The minimum atomic E-state index is 0. The van der Waals surface area contributed by atoms with Crippen molar-refractivity contribution in [3.8, 4) is 0 Å². The van der Waals surface area contributed by atoms with Crippen LogP contribution >= 0.6 is 35.3 Å². The van der Waals surface area contributed by atoms with E-state index in [4.69, 9.17) is 4.99 Å². The largest absolute Gasteiger partial charge is 0.353 e. The maximum Gasteiger partial charge on any atom is 0.139 e. The highest BCUT2D eigenvalue weighted by Crippen LogP contribution is 2.38. The van der Waals surface area contributed by atoms with Gasteiger partial charge in [0.05, 0.1) is 16.9 Å². The maximum atomic E-state index is 4.98. The first-order valence-electron chi connectivity index (χ1n) is 7.32. The summed E-state index contributed by atoms with van der Waals surface area (Å²) in [6.45, 7) is 6.21. The van der Waals surface area contributed by atoms with Crippen LogP contribution in [-0.4, -0.2) is 36.9 Å². The molecule has 4 nitrogen and oxygen atoms in total. The van der Waals surface area contributed by atoms with Crippen LogP contribution in [0.1, 0.15) is 10.4 Å². The van der Waals surface area contributed by atoms with Crippen molar-refractivity contribution in [1.29, 1.82) is 0 Å². The molecule has 2 N–H and O–H groups in total. The number of fused-ring (bicyclic) bond motifs is 2. The summed E-state index contributed by atoms with van der Waals surface area (Å²) in [5.74, 6) is 1.10. The SMILES string of the molecule is Cc1cc2c(s1)Nc1ccccc1N=C2N1CCNCC1.I. The molecule has 0 spiro atoms. The van der Waals surface area contributed by atoms with E-state index in [1.54, 1.807) is 11.3 Å². The first-order chi connectivity index (χ1) is 10.3. The molecule has 2 aliphatic heterocycles. The molecule has 1 aromatic heterocycles. The van der Waals surface area contributed by atoms with Crippen molar-refractivity contribution in [2.75, 3.05) is 31.5 Å². The number of piperazine rings is 1. The van der Waals surface area contributed by atoms with Gasteiger partial charge in [-0.3, -0.25) is 0 Å². The summed E-state index contributed by atoms with van der Waals surface area (Å²) in [6, 6.07) is 10.5. The molecule has 0 aliphatic carbocycles. The lowest BCUT2D eigenvalue weighted by Crippen LogP contribution is -2.46. The number of halogens is 1. The van der Waals surface area contributed by atoms with Gasteiger partial charge in [-0.05, 0) is 25.1 Å². The van der Waals surface area contributed by atoms with E-state index in [0.717, 1.165) is 43.4 Å². The Kier molecular flexibility index (Phi) is 4.70. The number of para-hydroxylation sites is 2. The van der Waals surface area contributed by atoms with E-state index in [1.807, 2.05) is 6.07 Å². The standard InChI is InChI=1S/C16H18N4S.HI/c1-11-10-12-15(20-8-6-17-7-9-20)18-13-4-2-3-5-14(13)19-16(12)21-11;/h2-5,10,17,19H,6-9H2,1H3;1H. The van der Waals surface area contributed by atoms with E-state index < -0.39 is 0 Å². The maximum absolute atomic E-state index is 4.98. The van der Waals surface area contributed by atoms with Crippen LogP contribution in [0, 0.1) is 6.92 Å². The summed E-state index contributed by atoms with van der Waals surface area (Å²) in [6.07, 6.45) is 0. The number of nitrogens with zero attached hydrogens (tertiary/aromatic N) is 2. The molecule has 4 rings (SSSR count). The predicted octanol–water partition coefficient (Wildman–Crippen LogP) is 3.72. The topological polar surface area (TPSA) is 39.7 Å². The van der Waals surface area contributed by atoms with E-state index in [9.17, 15) is 0 Å². The number of nitrogens with one attached hydrogen (secondary N) is 2. The number of thiophene rings is 1. The molecule has 2 aliphatic rings. The van der Waals surface area contributed by atoms with Crippen LogP contribution in [0.15, 0.2) is 35.3 Å². The molecule has 1 fully saturated rings. The molecule has 0 unspecified atom stereocenters. The van der Waals surface area contributed by atoms with Crippen LogP contribution in [0.2, 0.25) is 0 Å². The third kappa shape index (κ3) is 2.87. The van der Waals surface area contributed by atoms with Gasteiger partial charge in [0.2, 0.25) is 0 Å². The predicted molar refractivity (Wildman–Crippen MR) is 105 cm³/mol. The van der Waals surface area contributed by atoms with Gasteiger partial charge >= 0.3 is 0 Å². The van der Waals surface area contributed by atoms with Gasteiger partial charge in [-0.1, -0.05) is 12.1 Å². The summed E-state index contributed by atoms with van der Waals surface area (Å²) >= 11 is 1.80. The minimum Gasteiger partial charge on any atom is -0.353 e. The van der Waals surface area contributed by atoms with Crippen molar-refractivity contribution >= 4 is 57.5 Å². The van der Waals surface area contributed by atoms with Crippen molar-refractivity contribution < 1.29 is 0 Å². The third-order valence-electron chi connectivity index (χ3n) is 3.89. The molecule has 0 amide bonds. The van der Waals surface area contributed by atoms with Gasteiger partial charge < -0.3 is 15.5 Å². The molecule has 0 atom stereocenters. The normalized spacial score (nSPS) is 16.6. The molecular formula is C16H19IN4S. The van der Waals surface area contributed by atoms with Gasteiger partial charge in [-0.25, -0.2) is 4.99 Å². The first kappa shape index (κ1) is 15.8. The highest BCUT2D eigenvalue weighted by Gasteiger charge is 2.24. The van der Waals surface area contributed by atoms with Crippen LogP contribution in [0.5, 0.6) is 0 Å².